The van der Waals surface area contributed by atoms with Crippen molar-refractivity contribution in [2.24, 2.45) is 4.99 Å². The van der Waals surface area contributed by atoms with E-state index in [2.05, 4.69) is 4.99 Å². The summed E-state index contributed by atoms with van der Waals surface area (Å²) in [6, 6.07) is 20.2. The number of carbonyl (C=O) groups excluding carboxylic acids is 1. The smallest absolute Gasteiger partial charge is 0.338 e. The lowest BCUT2D eigenvalue weighted by atomic mass is 9.95. The van der Waals surface area contributed by atoms with Crippen molar-refractivity contribution in [1.29, 1.82) is 0 Å². The Morgan fingerprint density at radius 2 is 1.71 bits per heavy atom. The first kappa shape index (κ1) is 28.6. The Morgan fingerprint density at radius 3 is 2.40 bits per heavy atom. The molecule has 0 saturated carbocycles. The Kier molecular flexibility index (Phi) is 8.35. The molecule has 0 saturated heterocycles. The molecule has 42 heavy (non-hydrogen) atoms. The van der Waals surface area contributed by atoms with Crippen LogP contribution in [0.25, 0.3) is 6.08 Å². The van der Waals surface area contributed by atoms with Gasteiger partial charge in [0.25, 0.3) is 5.56 Å². The number of hydrogen-bond donors (Lipinski definition) is 1. The van der Waals surface area contributed by atoms with Gasteiger partial charge in [0.15, 0.2) is 4.80 Å². The van der Waals surface area contributed by atoms with Crippen molar-refractivity contribution in [1.82, 2.24) is 4.57 Å². The number of aromatic nitrogens is 1. The summed E-state index contributed by atoms with van der Waals surface area (Å²) in [7, 11) is 1.54. The fraction of sp³-hybridized carbons (Fsp3) is 0.188. The predicted octanol–water partition coefficient (Wildman–Crippen LogP) is 4.08. The van der Waals surface area contributed by atoms with Gasteiger partial charge in [-0.1, -0.05) is 59.9 Å². The molecule has 2 heterocycles. The maximum Gasteiger partial charge on any atom is 0.338 e. The highest BCUT2D eigenvalue weighted by Gasteiger charge is 2.35. The summed E-state index contributed by atoms with van der Waals surface area (Å²) < 4.78 is 19.0. The zero-order valence-electron chi connectivity index (χ0n) is 23.2. The van der Waals surface area contributed by atoms with E-state index in [0.29, 0.717) is 37.7 Å². The van der Waals surface area contributed by atoms with Crippen molar-refractivity contribution in [3.63, 3.8) is 0 Å². The van der Waals surface area contributed by atoms with Gasteiger partial charge in [0.05, 0.1) is 35.1 Å². The molecule has 4 aromatic rings. The van der Waals surface area contributed by atoms with Gasteiger partial charge in [-0.3, -0.25) is 9.36 Å². The first-order chi connectivity index (χ1) is 20.3. The van der Waals surface area contributed by atoms with Crippen LogP contribution in [0.2, 0.25) is 0 Å². The third-order valence-corrected chi connectivity index (χ3v) is 7.73. The molecule has 1 atom stereocenters. The van der Waals surface area contributed by atoms with Crippen LogP contribution < -0.4 is 24.4 Å². The van der Waals surface area contributed by atoms with Crippen molar-refractivity contribution in [3.05, 3.63) is 126 Å². The van der Waals surface area contributed by atoms with Gasteiger partial charge in [0.2, 0.25) is 0 Å². The Balaban J connectivity index is 1.57. The standard InChI is InChI=1S/C32H28N2O7S/c1-4-40-31(38)27-19(2)33-32-34(28(27)23-10-6-8-12-25(23)39-3)29(35)26(42-32)17-22-9-5-7-11-24(22)41-18-20-13-15-21(16-14-20)30(36)37/h5-17,28H,4,18H2,1-3H3,(H,36,37)/b26-17-. The molecule has 0 bridgehead atoms. The second-order valence-electron chi connectivity index (χ2n) is 9.37. The first-order valence-electron chi connectivity index (χ1n) is 13.2. The Labute approximate surface area is 245 Å². The number of ether oxygens (including phenoxy) is 3. The molecule has 5 rings (SSSR count). The maximum absolute atomic E-state index is 14.0. The molecule has 1 aliphatic rings. The summed E-state index contributed by atoms with van der Waals surface area (Å²) >= 11 is 1.22. The Bertz CT molecular complexity index is 1870. The summed E-state index contributed by atoms with van der Waals surface area (Å²) in [6.45, 7) is 3.85. The lowest BCUT2D eigenvalue weighted by Gasteiger charge is -2.25. The number of carboxylic acid groups (broad SMARTS) is 1. The lowest BCUT2D eigenvalue weighted by molar-refractivity contribution is -0.139. The van der Waals surface area contributed by atoms with Gasteiger partial charge in [-0.15, -0.1) is 0 Å². The summed E-state index contributed by atoms with van der Waals surface area (Å²) in [6.07, 6.45) is 1.75. The average molecular weight is 585 g/mol. The molecule has 0 aliphatic carbocycles. The number of hydrogen-bond acceptors (Lipinski definition) is 8. The monoisotopic (exact) mass is 584 g/mol. The minimum absolute atomic E-state index is 0.180. The third-order valence-electron chi connectivity index (χ3n) is 6.75. The molecule has 9 nitrogen and oxygen atoms in total. The molecule has 214 valence electrons. The van der Waals surface area contributed by atoms with Crippen LogP contribution >= 0.6 is 11.3 Å². The SMILES string of the molecule is CCOC(=O)C1=C(C)N=c2s/c(=C\c3ccccc3OCc3ccc(C(=O)O)cc3)c(=O)n2C1c1ccccc1OC. The highest BCUT2D eigenvalue weighted by molar-refractivity contribution is 7.07. The minimum atomic E-state index is -0.994. The lowest BCUT2D eigenvalue weighted by Crippen LogP contribution is -2.40. The number of benzene rings is 3. The van der Waals surface area contributed by atoms with Crippen molar-refractivity contribution in [2.75, 3.05) is 13.7 Å². The van der Waals surface area contributed by atoms with Gasteiger partial charge < -0.3 is 19.3 Å². The van der Waals surface area contributed by atoms with Crippen molar-refractivity contribution >= 4 is 29.4 Å². The highest BCUT2D eigenvalue weighted by atomic mass is 32.1. The number of thiazole rings is 1. The number of allylic oxidation sites excluding steroid dienone is 1. The van der Waals surface area contributed by atoms with Gasteiger partial charge in [-0.25, -0.2) is 14.6 Å². The van der Waals surface area contributed by atoms with Gasteiger partial charge in [0.1, 0.15) is 24.1 Å². The number of nitrogens with zero attached hydrogens (tertiary/aromatic N) is 2. The molecule has 10 heteroatoms. The molecule has 0 amide bonds. The summed E-state index contributed by atoms with van der Waals surface area (Å²) in [4.78, 5) is 43.4. The predicted molar refractivity (Wildman–Crippen MR) is 158 cm³/mol. The van der Waals surface area contributed by atoms with E-state index in [4.69, 9.17) is 19.3 Å². The normalized spacial score (nSPS) is 14.6. The molecule has 0 radical (unpaired) electrons. The van der Waals surface area contributed by atoms with E-state index < -0.39 is 18.0 Å². The van der Waals surface area contributed by atoms with E-state index in [-0.39, 0.29) is 29.9 Å². The van der Waals surface area contributed by atoms with E-state index in [0.717, 1.165) is 5.56 Å². The number of methoxy groups -OCH3 is 1. The van der Waals surface area contributed by atoms with Crippen LogP contribution in [-0.4, -0.2) is 35.3 Å². The molecule has 1 N–H and O–H groups in total. The summed E-state index contributed by atoms with van der Waals surface area (Å²) in [5, 5.41) is 9.13. The molecule has 3 aromatic carbocycles. The van der Waals surface area contributed by atoms with Crippen molar-refractivity contribution < 1.29 is 28.9 Å². The van der Waals surface area contributed by atoms with Crippen LogP contribution in [0.15, 0.2) is 93.9 Å². The van der Waals surface area contributed by atoms with Crippen molar-refractivity contribution in [3.8, 4) is 11.5 Å². The highest BCUT2D eigenvalue weighted by Crippen LogP contribution is 2.35. The van der Waals surface area contributed by atoms with E-state index in [9.17, 15) is 14.4 Å². The largest absolute Gasteiger partial charge is 0.496 e. The quantitative estimate of drug-likeness (QED) is 0.295. The van der Waals surface area contributed by atoms with Gasteiger partial charge in [-0.2, -0.15) is 0 Å². The van der Waals surface area contributed by atoms with Gasteiger partial charge in [-0.05, 0) is 49.8 Å². The van der Waals surface area contributed by atoms with E-state index in [1.165, 1.54) is 28.0 Å². The van der Waals surface area contributed by atoms with Gasteiger partial charge in [0, 0.05) is 11.1 Å². The fourth-order valence-corrected chi connectivity index (χ4v) is 5.79. The first-order valence-corrected chi connectivity index (χ1v) is 14.0. The van der Waals surface area contributed by atoms with Gasteiger partial charge >= 0.3 is 11.9 Å². The maximum atomic E-state index is 14.0. The molecule has 0 fully saturated rings. The third kappa shape index (κ3) is 5.61. The molecular formula is C32H28N2O7S. The van der Waals surface area contributed by atoms with Crippen LogP contribution in [0.3, 0.4) is 0 Å². The second kappa shape index (κ2) is 12.3. The molecule has 1 aromatic heterocycles. The summed E-state index contributed by atoms with van der Waals surface area (Å²) in [5.41, 5.74) is 2.74. The topological polar surface area (TPSA) is 116 Å². The number of rotatable bonds is 9. The number of esters is 1. The molecular weight excluding hydrogens is 556 g/mol. The number of fused-ring (bicyclic) bond motifs is 1. The number of aromatic carboxylic acids is 1. The number of carbonyl (C=O) groups is 2. The molecule has 1 unspecified atom stereocenters. The minimum Gasteiger partial charge on any atom is -0.496 e. The Hall–Kier alpha value is -4.96. The van der Waals surface area contributed by atoms with Crippen LogP contribution in [-0.2, 0) is 16.1 Å². The van der Waals surface area contributed by atoms with Crippen LogP contribution in [0.1, 0.15) is 46.9 Å². The van der Waals surface area contributed by atoms with Crippen molar-refractivity contribution in [2.45, 2.75) is 26.5 Å². The van der Waals surface area contributed by atoms with E-state index >= 15 is 0 Å². The number of carboxylic acids is 1. The summed E-state index contributed by atoms with van der Waals surface area (Å²) in [5.74, 6) is -0.454. The molecule has 1 aliphatic heterocycles. The zero-order valence-corrected chi connectivity index (χ0v) is 24.0. The van der Waals surface area contributed by atoms with Crippen LogP contribution in [0.4, 0.5) is 0 Å². The number of para-hydroxylation sites is 2. The Morgan fingerprint density at radius 1 is 1.02 bits per heavy atom. The second-order valence-corrected chi connectivity index (χ2v) is 10.4. The fourth-order valence-electron chi connectivity index (χ4n) is 4.76. The van der Waals surface area contributed by atoms with E-state index in [1.54, 1.807) is 51.3 Å². The average Bonchev–Trinajstić information content (AvgIpc) is 3.30. The van der Waals surface area contributed by atoms with E-state index in [1.807, 2.05) is 36.4 Å². The zero-order chi connectivity index (χ0) is 29.8. The van der Waals surface area contributed by atoms with Crippen LogP contribution in [0.5, 0.6) is 11.5 Å². The molecule has 0 spiro atoms. The van der Waals surface area contributed by atoms with Crippen LogP contribution in [0, 0.1) is 0 Å².